The van der Waals surface area contributed by atoms with Gasteiger partial charge in [-0.15, -0.1) is 0 Å². The lowest BCUT2D eigenvalue weighted by Gasteiger charge is -2.40. The van der Waals surface area contributed by atoms with Gasteiger partial charge in [0.1, 0.15) is 6.04 Å². The molecule has 1 aromatic carbocycles. The number of carbonyl (C=O) groups excluding carboxylic acids is 2. The Morgan fingerprint density at radius 2 is 1.79 bits per heavy atom. The molecule has 2 aliphatic rings. The molecule has 0 radical (unpaired) electrons. The average molecular weight is 329 g/mol. The van der Waals surface area contributed by atoms with E-state index >= 15 is 0 Å². The molecule has 0 saturated heterocycles. The molecule has 24 heavy (non-hydrogen) atoms. The number of primary amides is 1. The molecular formula is C19H27N3O2. The molecule has 1 atom stereocenters. The van der Waals surface area contributed by atoms with Crippen molar-refractivity contribution in [1.29, 1.82) is 0 Å². The van der Waals surface area contributed by atoms with Crippen molar-refractivity contribution in [3.63, 3.8) is 0 Å². The fourth-order valence-corrected chi connectivity index (χ4v) is 4.22. The standard InChI is InChI=1S/C19H27N3O2/c20-13-19(8-4-1-5-9-19)11-17(23)22-12-15-7-3-2-6-14(15)10-16(22)18(21)24/h2-3,6-7,16H,1,4-5,8-13,20H2,(H2,21,24). The second-order valence-electron chi connectivity index (χ2n) is 7.35. The molecule has 1 saturated carbocycles. The fourth-order valence-electron chi connectivity index (χ4n) is 4.22. The van der Waals surface area contributed by atoms with Gasteiger partial charge in [0.25, 0.3) is 0 Å². The Bertz CT molecular complexity index is 623. The normalized spacial score (nSPS) is 22.7. The van der Waals surface area contributed by atoms with Gasteiger partial charge in [0.2, 0.25) is 11.8 Å². The number of amides is 2. The summed E-state index contributed by atoms with van der Waals surface area (Å²) in [5.74, 6) is -0.413. The summed E-state index contributed by atoms with van der Waals surface area (Å²) in [6.07, 6.45) is 6.42. The van der Waals surface area contributed by atoms with Crippen molar-refractivity contribution in [3.05, 3.63) is 35.4 Å². The van der Waals surface area contributed by atoms with Gasteiger partial charge < -0.3 is 16.4 Å². The molecule has 0 bridgehead atoms. The van der Waals surface area contributed by atoms with E-state index in [-0.39, 0.29) is 11.3 Å². The Morgan fingerprint density at radius 3 is 2.42 bits per heavy atom. The Morgan fingerprint density at radius 1 is 1.12 bits per heavy atom. The number of benzene rings is 1. The van der Waals surface area contributed by atoms with Crippen LogP contribution in [0.1, 0.15) is 49.7 Å². The third-order valence-electron chi connectivity index (χ3n) is 5.77. The van der Waals surface area contributed by atoms with Crippen molar-refractivity contribution in [2.75, 3.05) is 6.54 Å². The van der Waals surface area contributed by atoms with Gasteiger partial charge in [0.15, 0.2) is 0 Å². The third-order valence-corrected chi connectivity index (χ3v) is 5.77. The van der Waals surface area contributed by atoms with Crippen molar-refractivity contribution in [2.45, 2.75) is 57.5 Å². The number of rotatable bonds is 4. The second-order valence-corrected chi connectivity index (χ2v) is 7.35. The first-order chi connectivity index (χ1) is 11.5. The smallest absolute Gasteiger partial charge is 0.240 e. The molecule has 1 aliphatic heterocycles. The zero-order valence-electron chi connectivity index (χ0n) is 14.2. The monoisotopic (exact) mass is 329 g/mol. The van der Waals surface area contributed by atoms with Gasteiger partial charge in [-0.25, -0.2) is 0 Å². The zero-order valence-corrected chi connectivity index (χ0v) is 14.2. The van der Waals surface area contributed by atoms with E-state index < -0.39 is 11.9 Å². The van der Waals surface area contributed by atoms with E-state index in [2.05, 4.69) is 0 Å². The van der Waals surface area contributed by atoms with Crippen molar-refractivity contribution in [1.82, 2.24) is 4.90 Å². The predicted molar refractivity (Wildman–Crippen MR) is 92.9 cm³/mol. The number of hydrogen-bond acceptors (Lipinski definition) is 3. The highest BCUT2D eigenvalue weighted by molar-refractivity contribution is 5.87. The molecule has 2 amide bonds. The van der Waals surface area contributed by atoms with Gasteiger partial charge in [-0.1, -0.05) is 43.5 Å². The summed E-state index contributed by atoms with van der Waals surface area (Å²) in [6, 6.07) is 7.40. The molecule has 5 nitrogen and oxygen atoms in total. The average Bonchev–Trinajstić information content (AvgIpc) is 2.61. The Kier molecular flexibility index (Phi) is 4.90. The van der Waals surface area contributed by atoms with E-state index in [1.165, 1.54) is 6.42 Å². The molecule has 1 aromatic rings. The maximum atomic E-state index is 13.0. The summed E-state index contributed by atoms with van der Waals surface area (Å²) in [5, 5.41) is 0. The summed E-state index contributed by atoms with van der Waals surface area (Å²) in [4.78, 5) is 26.6. The van der Waals surface area contributed by atoms with Crippen LogP contribution in [-0.2, 0) is 22.6 Å². The maximum absolute atomic E-state index is 13.0. The minimum Gasteiger partial charge on any atom is -0.368 e. The third kappa shape index (κ3) is 3.31. The molecule has 1 unspecified atom stereocenters. The molecule has 130 valence electrons. The van der Waals surface area contributed by atoms with Crippen molar-refractivity contribution in [2.24, 2.45) is 16.9 Å². The van der Waals surface area contributed by atoms with Gasteiger partial charge in [0.05, 0.1) is 0 Å². The Balaban J connectivity index is 1.80. The van der Waals surface area contributed by atoms with Crippen LogP contribution in [-0.4, -0.2) is 29.3 Å². The maximum Gasteiger partial charge on any atom is 0.240 e. The Hall–Kier alpha value is -1.88. The first-order valence-corrected chi connectivity index (χ1v) is 8.90. The van der Waals surface area contributed by atoms with Gasteiger partial charge in [-0.05, 0) is 35.9 Å². The van der Waals surface area contributed by atoms with Crippen molar-refractivity contribution >= 4 is 11.8 Å². The van der Waals surface area contributed by atoms with Crippen LogP contribution in [0.15, 0.2) is 24.3 Å². The number of nitrogens with two attached hydrogens (primary N) is 2. The highest BCUT2D eigenvalue weighted by atomic mass is 16.2. The Labute approximate surface area is 143 Å². The van der Waals surface area contributed by atoms with Gasteiger partial charge in [-0.2, -0.15) is 0 Å². The highest BCUT2D eigenvalue weighted by Crippen LogP contribution is 2.39. The zero-order chi connectivity index (χ0) is 17.2. The van der Waals surface area contributed by atoms with Crippen LogP contribution in [0.25, 0.3) is 0 Å². The molecule has 3 rings (SSSR count). The molecule has 1 fully saturated rings. The van der Waals surface area contributed by atoms with E-state index in [0.29, 0.717) is 25.9 Å². The first kappa shape index (κ1) is 17.0. The van der Waals surface area contributed by atoms with Crippen LogP contribution in [0.5, 0.6) is 0 Å². The number of hydrogen-bond donors (Lipinski definition) is 2. The molecule has 4 N–H and O–H groups in total. The summed E-state index contributed by atoms with van der Waals surface area (Å²) in [6.45, 7) is 0.994. The van der Waals surface area contributed by atoms with Crippen molar-refractivity contribution in [3.8, 4) is 0 Å². The van der Waals surface area contributed by atoms with Crippen molar-refractivity contribution < 1.29 is 9.59 Å². The SMILES string of the molecule is NCC1(CC(=O)N2Cc3ccccc3CC2C(N)=O)CCCCC1. The molecule has 0 aromatic heterocycles. The second kappa shape index (κ2) is 6.93. The van der Waals surface area contributed by atoms with E-state index in [9.17, 15) is 9.59 Å². The first-order valence-electron chi connectivity index (χ1n) is 8.90. The summed E-state index contributed by atoms with van der Waals surface area (Å²) >= 11 is 0. The minimum absolute atomic E-state index is 0.0145. The lowest BCUT2D eigenvalue weighted by molar-refractivity contribution is -0.143. The van der Waals surface area contributed by atoms with Crippen LogP contribution in [0.3, 0.4) is 0 Å². The van der Waals surface area contributed by atoms with Crippen LogP contribution in [0.2, 0.25) is 0 Å². The van der Waals surface area contributed by atoms with Gasteiger partial charge in [0, 0.05) is 19.4 Å². The van der Waals surface area contributed by atoms with Gasteiger partial charge in [-0.3, -0.25) is 9.59 Å². The van der Waals surface area contributed by atoms with Crippen LogP contribution < -0.4 is 11.5 Å². The van der Waals surface area contributed by atoms with E-state index in [1.54, 1.807) is 4.90 Å². The topological polar surface area (TPSA) is 89.4 Å². The van der Waals surface area contributed by atoms with E-state index in [0.717, 1.165) is 36.8 Å². The van der Waals surface area contributed by atoms with Gasteiger partial charge >= 0.3 is 0 Å². The summed E-state index contributed by atoms with van der Waals surface area (Å²) in [5.41, 5.74) is 13.7. The lowest BCUT2D eigenvalue weighted by atomic mass is 9.71. The largest absolute Gasteiger partial charge is 0.368 e. The molecule has 5 heteroatoms. The molecule has 1 heterocycles. The number of nitrogens with zero attached hydrogens (tertiary/aromatic N) is 1. The fraction of sp³-hybridized carbons (Fsp3) is 0.579. The highest BCUT2D eigenvalue weighted by Gasteiger charge is 2.38. The summed E-state index contributed by atoms with van der Waals surface area (Å²) in [7, 11) is 0. The molecule has 0 spiro atoms. The van der Waals surface area contributed by atoms with Crippen LogP contribution in [0, 0.1) is 5.41 Å². The lowest BCUT2D eigenvalue weighted by Crippen LogP contribution is -2.52. The number of fused-ring (bicyclic) bond motifs is 1. The molecular weight excluding hydrogens is 302 g/mol. The van der Waals surface area contributed by atoms with E-state index in [1.807, 2.05) is 24.3 Å². The number of carbonyl (C=O) groups is 2. The quantitative estimate of drug-likeness (QED) is 0.881. The van der Waals surface area contributed by atoms with Crippen LogP contribution >= 0.6 is 0 Å². The van der Waals surface area contributed by atoms with Crippen LogP contribution in [0.4, 0.5) is 0 Å². The minimum atomic E-state index is -0.550. The summed E-state index contributed by atoms with van der Waals surface area (Å²) < 4.78 is 0. The van der Waals surface area contributed by atoms with E-state index in [4.69, 9.17) is 11.5 Å². The molecule has 1 aliphatic carbocycles. The predicted octanol–water partition coefficient (Wildman–Crippen LogP) is 1.72.